The minimum Gasteiger partial charge on any atom is -0.406 e. The molecular formula is C12H22N4O. The van der Waals surface area contributed by atoms with Crippen LogP contribution in [0.4, 0.5) is 6.01 Å². The van der Waals surface area contributed by atoms with Crippen molar-refractivity contribution in [2.24, 2.45) is 0 Å². The molecule has 0 aliphatic heterocycles. The molecule has 1 aliphatic carbocycles. The number of nitrogens with zero attached hydrogens (tertiary/aromatic N) is 2. The molecule has 5 nitrogen and oxygen atoms in total. The Kier molecular flexibility index (Phi) is 3.66. The van der Waals surface area contributed by atoms with Crippen LogP contribution < -0.4 is 10.6 Å². The molecule has 0 saturated heterocycles. The summed E-state index contributed by atoms with van der Waals surface area (Å²) in [5.74, 6) is 0.656. The van der Waals surface area contributed by atoms with Crippen molar-refractivity contribution < 1.29 is 4.42 Å². The molecule has 2 rings (SSSR count). The van der Waals surface area contributed by atoms with Crippen molar-refractivity contribution >= 4 is 6.01 Å². The van der Waals surface area contributed by atoms with Crippen LogP contribution in [-0.2, 0) is 0 Å². The average molecular weight is 238 g/mol. The second-order valence-corrected chi connectivity index (χ2v) is 5.16. The van der Waals surface area contributed by atoms with Crippen molar-refractivity contribution in [3.05, 3.63) is 5.89 Å². The molecule has 96 valence electrons. The molecule has 0 aromatic carbocycles. The van der Waals surface area contributed by atoms with Gasteiger partial charge in [-0.15, -0.1) is 5.10 Å². The predicted molar refractivity (Wildman–Crippen MR) is 66.9 cm³/mol. The summed E-state index contributed by atoms with van der Waals surface area (Å²) < 4.78 is 5.62. The van der Waals surface area contributed by atoms with Gasteiger partial charge >= 0.3 is 6.01 Å². The lowest BCUT2D eigenvalue weighted by Gasteiger charge is -2.38. The van der Waals surface area contributed by atoms with E-state index in [1.165, 1.54) is 19.3 Å². The number of aromatic nitrogens is 2. The lowest BCUT2D eigenvalue weighted by Crippen LogP contribution is -2.41. The Morgan fingerprint density at radius 2 is 2.18 bits per heavy atom. The van der Waals surface area contributed by atoms with Crippen LogP contribution in [0, 0.1) is 0 Å². The van der Waals surface area contributed by atoms with Crippen LogP contribution >= 0.6 is 0 Å². The highest BCUT2D eigenvalue weighted by atomic mass is 16.4. The summed E-state index contributed by atoms with van der Waals surface area (Å²) in [5, 5.41) is 14.8. The van der Waals surface area contributed by atoms with Crippen molar-refractivity contribution in [1.82, 2.24) is 15.5 Å². The second-order valence-electron chi connectivity index (χ2n) is 5.16. The van der Waals surface area contributed by atoms with Gasteiger partial charge in [0.15, 0.2) is 0 Å². The smallest absolute Gasteiger partial charge is 0.315 e. The molecule has 0 spiro atoms. The molecule has 1 aliphatic rings. The van der Waals surface area contributed by atoms with Crippen LogP contribution in [0.2, 0.25) is 0 Å². The Bertz CT molecular complexity index is 359. The fourth-order valence-electron chi connectivity index (χ4n) is 2.00. The summed E-state index contributed by atoms with van der Waals surface area (Å²) in [4.78, 5) is 0. The molecule has 1 atom stereocenters. The van der Waals surface area contributed by atoms with Gasteiger partial charge in [0.2, 0.25) is 5.89 Å². The minimum atomic E-state index is 0.118. The fourth-order valence-corrected chi connectivity index (χ4v) is 2.00. The van der Waals surface area contributed by atoms with Gasteiger partial charge in [-0.1, -0.05) is 12.0 Å². The first-order chi connectivity index (χ1) is 8.13. The van der Waals surface area contributed by atoms with E-state index in [-0.39, 0.29) is 11.6 Å². The first kappa shape index (κ1) is 12.4. The third kappa shape index (κ3) is 2.97. The van der Waals surface area contributed by atoms with Crippen LogP contribution in [0.15, 0.2) is 4.42 Å². The highest BCUT2D eigenvalue weighted by Gasteiger charge is 2.33. The van der Waals surface area contributed by atoms with E-state index in [2.05, 4.69) is 34.7 Å². The second kappa shape index (κ2) is 5.04. The van der Waals surface area contributed by atoms with Gasteiger partial charge in [-0.2, -0.15) is 0 Å². The van der Waals surface area contributed by atoms with Crippen molar-refractivity contribution in [2.75, 3.05) is 11.9 Å². The summed E-state index contributed by atoms with van der Waals surface area (Å²) in [6.07, 6.45) is 4.73. The van der Waals surface area contributed by atoms with Gasteiger partial charge in [-0.05, 0) is 46.1 Å². The zero-order valence-corrected chi connectivity index (χ0v) is 10.9. The summed E-state index contributed by atoms with van der Waals surface area (Å²) >= 11 is 0. The molecule has 0 bridgehead atoms. The molecule has 2 N–H and O–H groups in total. The molecule has 1 saturated carbocycles. The Morgan fingerprint density at radius 3 is 2.76 bits per heavy atom. The number of nitrogens with one attached hydrogen (secondary N) is 2. The maximum absolute atomic E-state index is 5.62. The highest BCUT2D eigenvalue weighted by molar-refractivity contribution is 5.25. The van der Waals surface area contributed by atoms with E-state index in [4.69, 9.17) is 4.42 Å². The summed E-state index contributed by atoms with van der Waals surface area (Å²) in [7, 11) is 0. The quantitative estimate of drug-likeness (QED) is 0.797. The Morgan fingerprint density at radius 1 is 1.41 bits per heavy atom. The summed E-state index contributed by atoms with van der Waals surface area (Å²) in [5.41, 5.74) is 0.157. The molecule has 5 heteroatoms. The van der Waals surface area contributed by atoms with E-state index in [0.717, 1.165) is 13.0 Å². The maximum atomic E-state index is 5.62. The van der Waals surface area contributed by atoms with E-state index in [0.29, 0.717) is 11.9 Å². The SMILES string of the molecule is CCCNC(C)c1nnc(NC2(C)CCC2)o1. The molecule has 1 aromatic heterocycles. The van der Waals surface area contributed by atoms with Crippen LogP contribution in [0.3, 0.4) is 0 Å². The number of anilines is 1. The first-order valence-corrected chi connectivity index (χ1v) is 6.48. The van der Waals surface area contributed by atoms with Crippen molar-refractivity contribution in [3.63, 3.8) is 0 Å². The molecule has 0 radical (unpaired) electrons. The summed E-state index contributed by atoms with van der Waals surface area (Å²) in [6, 6.07) is 0.666. The minimum absolute atomic E-state index is 0.118. The molecule has 1 aromatic rings. The third-order valence-corrected chi connectivity index (χ3v) is 3.38. The van der Waals surface area contributed by atoms with E-state index in [9.17, 15) is 0 Å². The van der Waals surface area contributed by atoms with Crippen molar-refractivity contribution in [2.45, 2.75) is 58.0 Å². The van der Waals surface area contributed by atoms with Gasteiger partial charge in [-0.25, -0.2) is 0 Å². The van der Waals surface area contributed by atoms with Gasteiger partial charge in [0, 0.05) is 5.54 Å². The molecule has 1 fully saturated rings. The maximum Gasteiger partial charge on any atom is 0.315 e. The Balaban J connectivity index is 1.91. The first-order valence-electron chi connectivity index (χ1n) is 6.48. The fraction of sp³-hybridized carbons (Fsp3) is 0.833. The highest BCUT2D eigenvalue weighted by Crippen LogP contribution is 2.34. The zero-order chi connectivity index (χ0) is 12.3. The lowest BCUT2D eigenvalue weighted by atomic mass is 9.79. The van der Waals surface area contributed by atoms with E-state index in [1.807, 2.05) is 6.92 Å². The van der Waals surface area contributed by atoms with E-state index in [1.54, 1.807) is 0 Å². The van der Waals surface area contributed by atoms with Gasteiger partial charge in [0.05, 0.1) is 6.04 Å². The number of rotatable bonds is 6. The third-order valence-electron chi connectivity index (χ3n) is 3.38. The largest absolute Gasteiger partial charge is 0.406 e. The zero-order valence-electron chi connectivity index (χ0n) is 10.9. The number of hydrogen-bond acceptors (Lipinski definition) is 5. The van der Waals surface area contributed by atoms with Crippen molar-refractivity contribution in [1.29, 1.82) is 0 Å². The Hall–Kier alpha value is -1.10. The molecule has 1 heterocycles. The van der Waals surface area contributed by atoms with Crippen LogP contribution in [-0.4, -0.2) is 22.3 Å². The van der Waals surface area contributed by atoms with Crippen LogP contribution in [0.25, 0.3) is 0 Å². The lowest BCUT2D eigenvalue weighted by molar-refractivity contribution is 0.296. The topological polar surface area (TPSA) is 63.0 Å². The number of hydrogen-bond donors (Lipinski definition) is 2. The van der Waals surface area contributed by atoms with Gasteiger partial charge in [0.25, 0.3) is 0 Å². The Labute approximate surface area is 102 Å². The standard InChI is InChI=1S/C12H22N4O/c1-4-8-13-9(2)10-15-16-11(17-10)14-12(3)6-5-7-12/h9,13H,4-8H2,1-3H3,(H,14,16). The molecule has 1 unspecified atom stereocenters. The normalized spacial score (nSPS) is 19.7. The van der Waals surface area contributed by atoms with Gasteiger partial charge in [0.1, 0.15) is 0 Å². The predicted octanol–water partition coefficient (Wildman–Crippen LogP) is 2.48. The van der Waals surface area contributed by atoms with Gasteiger partial charge < -0.3 is 15.1 Å². The van der Waals surface area contributed by atoms with Crippen LogP contribution in [0.5, 0.6) is 0 Å². The molecule has 17 heavy (non-hydrogen) atoms. The average Bonchev–Trinajstić information content (AvgIpc) is 2.72. The van der Waals surface area contributed by atoms with Crippen LogP contribution in [0.1, 0.15) is 58.4 Å². The van der Waals surface area contributed by atoms with Crippen molar-refractivity contribution in [3.8, 4) is 0 Å². The van der Waals surface area contributed by atoms with Gasteiger partial charge in [-0.3, -0.25) is 0 Å². The van der Waals surface area contributed by atoms with E-state index >= 15 is 0 Å². The summed E-state index contributed by atoms with van der Waals surface area (Å²) in [6.45, 7) is 7.33. The molecular weight excluding hydrogens is 216 g/mol. The monoisotopic (exact) mass is 238 g/mol. The molecule has 0 amide bonds. The van der Waals surface area contributed by atoms with E-state index < -0.39 is 0 Å².